The number of halogens is 6. The van der Waals surface area contributed by atoms with Crippen LogP contribution in [0.5, 0.6) is 0 Å². The molecule has 1 aliphatic rings. The van der Waals surface area contributed by atoms with Gasteiger partial charge in [0.2, 0.25) is 0 Å². The second kappa shape index (κ2) is 18.2. The summed E-state index contributed by atoms with van der Waals surface area (Å²) < 4.78 is 93.4. The zero-order chi connectivity index (χ0) is 56.8. The van der Waals surface area contributed by atoms with Crippen molar-refractivity contribution in [1.82, 2.24) is 9.13 Å². The van der Waals surface area contributed by atoms with E-state index < -0.39 is 34.5 Å². The van der Waals surface area contributed by atoms with Crippen molar-refractivity contribution in [2.45, 2.75) is 73.2 Å². The van der Waals surface area contributed by atoms with Crippen LogP contribution in [0.4, 0.5) is 26.3 Å². The van der Waals surface area contributed by atoms with Gasteiger partial charge in [-0.25, -0.2) is 0 Å². The summed E-state index contributed by atoms with van der Waals surface area (Å²) in [5, 5.41) is 14.9. The smallest absolute Gasteiger partial charge is 0.307 e. The molecular formula is C72H53F6N3. The molecule has 10 aromatic carbocycles. The quantitative estimate of drug-likeness (QED) is 0.158. The van der Waals surface area contributed by atoms with Crippen LogP contribution in [0.2, 0.25) is 0 Å². The lowest BCUT2D eigenvalue weighted by molar-refractivity contribution is -0.143. The second-order valence-electron chi connectivity index (χ2n) is 22.4. The highest BCUT2D eigenvalue weighted by molar-refractivity contribution is 6.13. The van der Waals surface area contributed by atoms with Gasteiger partial charge in [0.1, 0.15) is 0 Å². The van der Waals surface area contributed by atoms with E-state index in [-0.39, 0.29) is 17.2 Å². The second-order valence-corrected chi connectivity index (χ2v) is 22.4. The van der Waals surface area contributed by atoms with E-state index in [1.54, 1.807) is 12.1 Å². The van der Waals surface area contributed by atoms with Crippen molar-refractivity contribution in [2.75, 3.05) is 0 Å². The summed E-state index contributed by atoms with van der Waals surface area (Å²) in [5.74, 6) is 0. The molecule has 0 atom stereocenters. The standard InChI is InChI=1S/C72H53F6N3/c1-39-9-17-55(43(5)25-39)47-13-19-57-59-21-15-51-35-66(59)80(64(57)31-47)68-33-50(38-79)61(49-29-53(71(73,74)75)34-54(30-49)72(76,77)78)37-69(68)81-65-32-48(56-18-10-40(2)26-44(56)6)14-20-58(65)60-22-16-52(36-67(60)81)70(51,62-23-11-41(3)27-45(62)7)63-24-12-42(4)28-46(63)8/h9-37H,1-8H3. The molecule has 3 heterocycles. The number of hydrogen-bond acceptors (Lipinski definition) is 1. The summed E-state index contributed by atoms with van der Waals surface area (Å²) in [6.45, 7) is 16.8. The Morgan fingerprint density at radius 3 is 1.14 bits per heavy atom. The minimum absolute atomic E-state index is 0.0863. The Hall–Kier alpha value is -9.13. The maximum atomic E-state index is 14.9. The van der Waals surface area contributed by atoms with E-state index >= 15 is 0 Å². The van der Waals surface area contributed by atoms with Gasteiger partial charge in [-0.2, -0.15) is 31.6 Å². The first-order valence-electron chi connectivity index (χ1n) is 27.0. The highest BCUT2D eigenvalue weighted by Gasteiger charge is 2.43. The lowest BCUT2D eigenvalue weighted by Gasteiger charge is -2.39. The molecule has 3 nitrogen and oxygen atoms in total. The number of rotatable bonds is 5. The molecule has 4 bridgehead atoms. The molecule has 398 valence electrons. The molecule has 13 rings (SSSR count). The Balaban J connectivity index is 1.29. The maximum absolute atomic E-state index is 14.9. The first-order valence-corrected chi connectivity index (χ1v) is 27.0. The number of aryl methyl sites for hydroxylation is 8. The van der Waals surface area contributed by atoms with E-state index in [9.17, 15) is 31.6 Å². The summed E-state index contributed by atoms with van der Waals surface area (Å²) in [6, 6.07) is 59.0. The van der Waals surface area contributed by atoms with Gasteiger partial charge in [0.25, 0.3) is 0 Å². The maximum Gasteiger partial charge on any atom is 0.416 e. The third-order valence-electron chi connectivity index (χ3n) is 17.0. The molecule has 0 amide bonds. The van der Waals surface area contributed by atoms with E-state index in [1.165, 1.54) is 0 Å². The molecule has 0 aliphatic carbocycles. The van der Waals surface area contributed by atoms with Gasteiger partial charge in [0, 0.05) is 27.1 Å². The molecule has 2 aromatic heterocycles. The number of aromatic nitrogens is 2. The third kappa shape index (κ3) is 8.01. The Labute approximate surface area is 465 Å². The number of nitrogens with zero attached hydrogens (tertiary/aromatic N) is 3. The van der Waals surface area contributed by atoms with Crippen molar-refractivity contribution in [2.24, 2.45) is 0 Å². The third-order valence-corrected chi connectivity index (χ3v) is 17.0. The molecule has 0 fully saturated rings. The predicted octanol–water partition coefficient (Wildman–Crippen LogP) is 20.0. The van der Waals surface area contributed by atoms with Crippen molar-refractivity contribution >= 4 is 43.6 Å². The number of benzene rings is 10. The van der Waals surface area contributed by atoms with Gasteiger partial charge in [0.15, 0.2) is 0 Å². The summed E-state index contributed by atoms with van der Waals surface area (Å²) in [7, 11) is 0. The highest BCUT2D eigenvalue weighted by Crippen LogP contribution is 2.52. The van der Waals surface area contributed by atoms with Crippen LogP contribution in [0.1, 0.15) is 83.5 Å². The van der Waals surface area contributed by atoms with Gasteiger partial charge in [-0.15, -0.1) is 0 Å². The van der Waals surface area contributed by atoms with E-state index in [1.807, 2.05) is 6.92 Å². The monoisotopic (exact) mass is 1070 g/mol. The van der Waals surface area contributed by atoms with Crippen molar-refractivity contribution in [3.63, 3.8) is 0 Å². The SMILES string of the molecule is Cc1ccc(-c2ccc3c4ccc5cc4n(c3c2)-c2cc(C#N)c(-c3cc(C(F)(F)F)cc(C(F)(F)F)c3)cc2-n2c3cc(-c4ccc(C)cc4C)ccc3c3ccc(cc32)C5(c2ccc(C)cc2C)c2ccc(C)cc2C)c(C)c1. The van der Waals surface area contributed by atoms with Gasteiger partial charge in [-0.3, -0.25) is 0 Å². The van der Waals surface area contributed by atoms with E-state index in [2.05, 4.69) is 209 Å². The van der Waals surface area contributed by atoms with Crippen LogP contribution in [0.3, 0.4) is 0 Å². The van der Waals surface area contributed by atoms with Crippen LogP contribution >= 0.6 is 0 Å². The number of alkyl halides is 6. The summed E-state index contributed by atoms with van der Waals surface area (Å²) >= 11 is 0. The fraction of sp³-hybridized carbons (Fsp3) is 0.153. The Morgan fingerprint density at radius 1 is 0.358 bits per heavy atom. The minimum Gasteiger partial charge on any atom is -0.307 e. The molecule has 1 aliphatic heterocycles. The first kappa shape index (κ1) is 51.3. The van der Waals surface area contributed by atoms with Gasteiger partial charge in [-0.05, 0) is 182 Å². The zero-order valence-corrected chi connectivity index (χ0v) is 45.9. The van der Waals surface area contributed by atoms with Crippen molar-refractivity contribution < 1.29 is 26.3 Å². The van der Waals surface area contributed by atoms with Crippen LogP contribution in [-0.4, -0.2) is 9.13 Å². The van der Waals surface area contributed by atoms with Crippen LogP contribution in [0.15, 0.2) is 176 Å². The van der Waals surface area contributed by atoms with Crippen molar-refractivity contribution in [1.29, 1.82) is 5.26 Å². The summed E-state index contributed by atoms with van der Waals surface area (Å²) in [6.07, 6.45) is -10.3. The van der Waals surface area contributed by atoms with Crippen LogP contribution in [0.25, 0.3) is 88.4 Å². The van der Waals surface area contributed by atoms with E-state index in [0.717, 1.165) is 145 Å². The predicted molar refractivity (Wildman–Crippen MR) is 316 cm³/mol. The Morgan fingerprint density at radius 2 is 0.741 bits per heavy atom. The topological polar surface area (TPSA) is 33.6 Å². The van der Waals surface area contributed by atoms with Gasteiger partial charge < -0.3 is 9.13 Å². The molecule has 9 heteroatoms. The summed E-state index contributed by atoms with van der Waals surface area (Å²) in [5.41, 5.74) is 16.1. The van der Waals surface area contributed by atoms with Crippen molar-refractivity contribution in [3.8, 4) is 50.8 Å². The van der Waals surface area contributed by atoms with E-state index in [4.69, 9.17) is 0 Å². The number of hydrogen-bond donors (Lipinski definition) is 0. The molecule has 0 radical (unpaired) electrons. The van der Waals surface area contributed by atoms with Crippen LogP contribution in [0, 0.1) is 66.7 Å². The Kier molecular flexibility index (Phi) is 11.5. The molecule has 0 saturated heterocycles. The Bertz CT molecular complexity index is 4640. The highest BCUT2D eigenvalue weighted by atomic mass is 19.4. The normalized spacial score (nSPS) is 13.1. The number of fused-ring (bicyclic) bond motifs is 11. The minimum atomic E-state index is -5.14. The molecular weight excluding hydrogens is 1020 g/mol. The first-order chi connectivity index (χ1) is 38.6. The number of nitriles is 1. The molecule has 0 saturated carbocycles. The van der Waals surface area contributed by atoms with Crippen molar-refractivity contribution in [3.05, 3.63) is 259 Å². The zero-order valence-electron chi connectivity index (χ0n) is 45.9. The van der Waals surface area contributed by atoms with Crippen LogP contribution in [-0.2, 0) is 17.8 Å². The molecule has 12 aromatic rings. The van der Waals surface area contributed by atoms with Gasteiger partial charge >= 0.3 is 12.4 Å². The average Bonchev–Trinajstić information content (AvgIpc) is 2.77. The van der Waals surface area contributed by atoms with Gasteiger partial charge in [0.05, 0.1) is 61.6 Å². The average molecular weight is 1070 g/mol. The largest absolute Gasteiger partial charge is 0.416 e. The molecule has 81 heavy (non-hydrogen) atoms. The summed E-state index contributed by atoms with van der Waals surface area (Å²) in [4.78, 5) is 0. The fourth-order valence-corrected chi connectivity index (χ4v) is 13.4. The molecule has 0 unspecified atom stereocenters. The van der Waals surface area contributed by atoms with Gasteiger partial charge in [-0.1, -0.05) is 144 Å². The lowest BCUT2D eigenvalue weighted by Crippen LogP contribution is -2.33. The fourth-order valence-electron chi connectivity index (χ4n) is 13.4. The van der Waals surface area contributed by atoms with Crippen LogP contribution < -0.4 is 0 Å². The molecule has 0 spiro atoms. The molecule has 0 N–H and O–H groups in total. The van der Waals surface area contributed by atoms with E-state index in [0.29, 0.717) is 11.4 Å². The lowest BCUT2D eigenvalue weighted by atomic mass is 9.62.